The molecular formula is C26H28N2O6S. The molecule has 0 aromatic heterocycles. The van der Waals surface area contributed by atoms with E-state index in [0.717, 1.165) is 11.1 Å². The van der Waals surface area contributed by atoms with Crippen molar-refractivity contribution in [3.8, 4) is 22.6 Å². The Balaban J connectivity index is 1.49. The van der Waals surface area contributed by atoms with Crippen molar-refractivity contribution in [3.63, 3.8) is 0 Å². The molecule has 1 saturated heterocycles. The Morgan fingerprint density at radius 3 is 2.40 bits per heavy atom. The molecule has 1 amide bonds. The highest BCUT2D eigenvalue weighted by Crippen LogP contribution is 2.31. The zero-order valence-electron chi connectivity index (χ0n) is 19.5. The lowest BCUT2D eigenvalue weighted by molar-refractivity contribution is -0.118. The van der Waals surface area contributed by atoms with Crippen LogP contribution in [-0.4, -0.2) is 58.1 Å². The van der Waals surface area contributed by atoms with Gasteiger partial charge in [0.2, 0.25) is 10.0 Å². The van der Waals surface area contributed by atoms with Gasteiger partial charge in [-0.05, 0) is 36.8 Å². The van der Waals surface area contributed by atoms with Crippen molar-refractivity contribution >= 4 is 21.6 Å². The zero-order valence-corrected chi connectivity index (χ0v) is 20.3. The molecule has 1 aliphatic rings. The van der Waals surface area contributed by atoms with E-state index in [0.29, 0.717) is 31.3 Å². The fraction of sp³-hybridized carbons (Fsp3) is 0.269. The van der Waals surface area contributed by atoms with Gasteiger partial charge in [0, 0.05) is 24.3 Å². The maximum Gasteiger partial charge on any atom is 0.262 e. The second-order valence-corrected chi connectivity index (χ2v) is 9.72. The van der Waals surface area contributed by atoms with Crippen LogP contribution in [0.4, 0.5) is 5.69 Å². The van der Waals surface area contributed by atoms with Gasteiger partial charge < -0.3 is 19.5 Å². The number of morpholine rings is 1. The molecule has 0 saturated carbocycles. The molecule has 0 bridgehead atoms. The van der Waals surface area contributed by atoms with Crippen molar-refractivity contribution in [2.45, 2.75) is 11.8 Å². The molecule has 1 N–H and O–H groups in total. The lowest BCUT2D eigenvalue weighted by atomic mass is 10.1. The second kappa shape index (κ2) is 11.4. The predicted molar refractivity (Wildman–Crippen MR) is 133 cm³/mol. The highest BCUT2D eigenvalue weighted by Gasteiger charge is 2.29. The van der Waals surface area contributed by atoms with E-state index in [1.165, 1.54) is 10.4 Å². The molecule has 8 nitrogen and oxygen atoms in total. The molecule has 3 aromatic carbocycles. The molecule has 9 heteroatoms. The quantitative estimate of drug-likeness (QED) is 0.485. The standard InChI is InChI=1S/C26H28N2O6S/c1-2-33-24-13-12-21(18-25(24)35(30,31)28-14-16-32-17-15-28)27-26(29)19-34-23-11-7-6-10-22(23)20-8-4-3-5-9-20/h3-13,18H,2,14-17,19H2,1H3,(H,27,29). The average Bonchev–Trinajstić information content (AvgIpc) is 2.89. The fourth-order valence-electron chi connectivity index (χ4n) is 3.78. The molecule has 0 aliphatic carbocycles. The number of anilines is 1. The normalized spacial score (nSPS) is 14.3. The predicted octanol–water partition coefficient (Wildman–Crippen LogP) is 3.79. The first-order chi connectivity index (χ1) is 17.0. The molecule has 1 heterocycles. The van der Waals surface area contributed by atoms with E-state index >= 15 is 0 Å². The summed E-state index contributed by atoms with van der Waals surface area (Å²) in [5.74, 6) is 0.410. The summed E-state index contributed by atoms with van der Waals surface area (Å²) in [6, 6.07) is 21.8. The Bertz CT molecular complexity index is 1260. The third-order valence-corrected chi connectivity index (χ3v) is 7.37. The van der Waals surface area contributed by atoms with Gasteiger partial charge in [-0.25, -0.2) is 8.42 Å². The molecular weight excluding hydrogens is 468 g/mol. The minimum Gasteiger partial charge on any atom is -0.492 e. The van der Waals surface area contributed by atoms with Crippen LogP contribution in [0.1, 0.15) is 6.92 Å². The number of nitrogens with one attached hydrogen (secondary N) is 1. The van der Waals surface area contributed by atoms with Crippen LogP contribution < -0.4 is 14.8 Å². The van der Waals surface area contributed by atoms with Crippen LogP contribution in [0.15, 0.2) is 77.7 Å². The first-order valence-electron chi connectivity index (χ1n) is 11.4. The van der Waals surface area contributed by atoms with Crippen LogP contribution in [0.5, 0.6) is 11.5 Å². The smallest absolute Gasteiger partial charge is 0.262 e. The number of benzene rings is 3. The van der Waals surface area contributed by atoms with Gasteiger partial charge in [-0.3, -0.25) is 4.79 Å². The third kappa shape index (κ3) is 6.00. The molecule has 3 aromatic rings. The Labute approximate surface area is 205 Å². The van der Waals surface area contributed by atoms with Crippen molar-refractivity contribution in [3.05, 3.63) is 72.8 Å². The minimum atomic E-state index is -3.82. The number of nitrogens with zero attached hydrogens (tertiary/aromatic N) is 1. The van der Waals surface area contributed by atoms with Crippen LogP contribution in [0.2, 0.25) is 0 Å². The summed E-state index contributed by atoms with van der Waals surface area (Å²) in [6.45, 7) is 3.06. The van der Waals surface area contributed by atoms with Gasteiger partial charge in [0.05, 0.1) is 19.8 Å². The van der Waals surface area contributed by atoms with E-state index in [1.54, 1.807) is 25.1 Å². The van der Waals surface area contributed by atoms with Crippen molar-refractivity contribution in [2.24, 2.45) is 0 Å². The maximum absolute atomic E-state index is 13.3. The number of rotatable bonds is 9. The number of ether oxygens (including phenoxy) is 3. The van der Waals surface area contributed by atoms with Crippen LogP contribution in [0.3, 0.4) is 0 Å². The summed E-state index contributed by atoms with van der Waals surface area (Å²) in [5.41, 5.74) is 2.19. The Kier molecular flexibility index (Phi) is 8.02. The SMILES string of the molecule is CCOc1ccc(NC(=O)COc2ccccc2-c2ccccc2)cc1S(=O)(=O)N1CCOCC1. The number of sulfonamides is 1. The Hall–Kier alpha value is -3.40. The summed E-state index contributed by atoms with van der Waals surface area (Å²) in [7, 11) is -3.82. The number of carbonyl (C=O) groups is 1. The fourth-order valence-corrected chi connectivity index (χ4v) is 5.34. The van der Waals surface area contributed by atoms with Gasteiger partial charge in [0.1, 0.15) is 16.4 Å². The lowest BCUT2D eigenvalue weighted by Gasteiger charge is -2.27. The van der Waals surface area contributed by atoms with Crippen LogP contribution >= 0.6 is 0 Å². The number of hydrogen-bond donors (Lipinski definition) is 1. The first-order valence-corrected chi connectivity index (χ1v) is 12.8. The number of carbonyl (C=O) groups excluding carboxylic acids is 1. The lowest BCUT2D eigenvalue weighted by Crippen LogP contribution is -2.40. The average molecular weight is 497 g/mol. The third-order valence-electron chi connectivity index (χ3n) is 5.45. The van der Waals surface area contributed by atoms with Crippen molar-refractivity contribution < 1.29 is 27.4 Å². The van der Waals surface area contributed by atoms with Crippen molar-refractivity contribution in [2.75, 3.05) is 44.8 Å². The zero-order chi connectivity index (χ0) is 24.7. The van der Waals surface area contributed by atoms with E-state index < -0.39 is 15.9 Å². The van der Waals surface area contributed by atoms with Crippen molar-refractivity contribution in [1.29, 1.82) is 0 Å². The highest BCUT2D eigenvalue weighted by atomic mass is 32.2. The minimum absolute atomic E-state index is 0.00870. The topological polar surface area (TPSA) is 94.2 Å². The second-order valence-electron chi connectivity index (χ2n) is 7.81. The van der Waals surface area contributed by atoms with Gasteiger partial charge in [-0.15, -0.1) is 0 Å². The van der Waals surface area contributed by atoms with E-state index in [2.05, 4.69) is 5.32 Å². The molecule has 1 aliphatic heterocycles. The number of amides is 1. The molecule has 0 spiro atoms. The summed E-state index contributed by atoms with van der Waals surface area (Å²) >= 11 is 0. The summed E-state index contributed by atoms with van der Waals surface area (Å²) in [4.78, 5) is 12.7. The Morgan fingerprint density at radius 2 is 1.66 bits per heavy atom. The molecule has 35 heavy (non-hydrogen) atoms. The van der Waals surface area contributed by atoms with Gasteiger partial charge in [-0.1, -0.05) is 48.5 Å². The first kappa shape index (κ1) is 24.7. The molecule has 184 valence electrons. The molecule has 0 unspecified atom stereocenters. The van der Waals surface area contributed by atoms with E-state index in [4.69, 9.17) is 14.2 Å². The molecule has 1 fully saturated rings. The van der Waals surface area contributed by atoms with Crippen LogP contribution in [-0.2, 0) is 19.6 Å². The van der Waals surface area contributed by atoms with Gasteiger partial charge >= 0.3 is 0 Å². The molecule has 0 radical (unpaired) electrons. The number of para-hydroxylation sites is 1. The van der Waals surface area contributed by atoms with Gasteiger partial charge in [0.25, 0.3) is 5.91 Å². The Morgan fingerprint density at radius 1 is 0.943 bits per heavy atom. The van der Waals surface area contributed by atoms with Crippen LogP contribution in [0.25, 0.3) is 11.1 Å². The number of hydrogen-bond acceptors (Lipinski definition) is 6. The maximum atomic E-state index is 13.3. The van der Waals surface area contributed by atoms with Gasteiger partial charge in [0.15, 0.2) is 6.61 Å². The monoisotopic (exact) mass is 496 g/mol. The largest absolute Gasteiger partial charge is 0.492 e. The summed E-state index contributed by atoms with van der Waals surface area (Å²) in [5, 5.41) is 2.73. The van der Waals surface area contributed by atoms with Crippen LogP contribution in [0, 0.1) is 0 Å². The van der Waals surface area contributed by atoms with E-state index in [1.807, 2.05) is 48.5 Å². The molecule has 4 rings (SSSR count). The van der Waals surface area contributed by atoms with E-state index in [-0.39, 0.29) is 30.3 Å². The summed E-state index contributed by atoms with van der Waals surface area (Å²) < 4.78 is 44.5. The highest BCUT2D eigenvalue weighted by molar-refractivity contribution is 7.89. The summed E-state index contributed by atoms with van der Waals surface area (Å²) in [6.07, 6.45) is 0. The van der Waals surface area contributed by atoms with Gasteiger partial charge in [-0.2, -0.15) is 4.31 Å². The molecule has 0 atom stereocenters. The van der Waals surface area contributed by atoms with E-state index in [9.17, 15) is 13.2 Å². The van der Waals surface area contributed by atoms with Crippen molar-refractivity contribution in [1.82, 2.24) is 4.31 Å².